The average Bonchev–Trinajstić information content (AvgIpc) is 3.20. The summed E-state index contributed by atoms with van der Waals surface area (Å²) in [5, 5.41) is 12.3. The molecule has 0 amide bonds. The molecular formula is C20H20N4O4S. The number of methoxy groups -OCH3 is 1. The van der Waals surface area contributed by atoms with Gasteiger partial charge in [0.05, 0.1) is 24.1 Å². The van der Waals surface area contributed by atoms with E-state index in [4.69, 9.17) is 4.74 Å². The number of aryl methyl sites for hydroxylation is 2. The van der Waals surface area contributed by atoms with Crippen LogP contribution in [0.15, 0.2) is 47.6 Å². The van der Waals surface area contributed by atoms with Gasteiger partial charge in [0.25, 0.3) is 0 Å². The molecule has 3 rings (SSSR count). The summed E-state index contributed by atoms with van der Waals surface area (Å²) in [4.78, 5) is 23.7. The van der Waals surface area contributed by atoms with Gasteiger partial charge in [-0.15, -0.1) is 5.10 Å². The van der Waals surface area contributed by atoms with Crippen LogP contribution in [0.4, 0.5) is 0 Å². The molecule has 0 bridgehead atoms. The summed E-state index contributed by atoms with van der Waals surface area (Å²) >= 11 is 1.20. The van der Waals surface area contributed by atoms with Crippen LogP contribution in [0, 0.1) is 13.8 Å². The van der Waals surface area contributed by atoms with Crippen molar-refractivity contribution in [2.24, 2.45) is 0 Å². The molecule has 0 saturated heterocycles. The van der Waals surface area contributed by atoms with Gasteiger partial charge in [-0.25, -0.2) is 4.79 Å². The summed E-state index contributed by atoms with van der Waals surface area (Å²) in [5.74, 6) is -0.789. The molecule has 2 aromatic carbocycles. The van der Waals surface area contributed by atoms with Crippen molar-refractivity contribution in [3.63, 3.8) is 0 Å². The predicted molar refractivity (Wildman–Crippen MR) is 107 cm³/mol. The SMILES string of the molecule is COC(=O)c1cccc(COC(=O)CSc2nnnn2-c2cc(C)ccc2C)c1. The van der Waals surface area contributed by atoms with Gasteiger partial charge in [0, 0.05) is 0 Å². The van der Waals surface area contributed by atoms with Crippen LogP contribution in [0.5, 0.6) is 0 Å². The molecule has 0 N–H and O–H groups in total. The van der Waals surface area contributed by atoms with Gasteiger partial charge >= 0.3 is 11.9 Å². The summed E-state index contributed by atoms with van der Waals surface area (Å²) < 4.78 is 11.6. The van der Waals surface area contributed by atoms with Gasteiger partial charge in [0.1, 0.15) is 6.61 Å². The van der Waals surface area contributed by atoms with E-state index >= 15 is 0 Å². The number of tetrazole rings is 1. The van der Waals surface area contributed by atoms with E-state index in [9.17, 15) is 9.59 Å². The van der Waals surface area contributed by atoms with Gasteiger partial charge in [-0.1, -0.05) is 36.0 Å². The second-order valence-electron chi connectivity index (χ2n) is 6.30. The molecule has 0 atom stereocenters. The molecule has 0 aliphatic rings. The van der Waals surface area contributed by atoms with Crippen LogP contribution >= 0.6 is 11.8 Å². The van der Waals surface area contributed by atoms with Crippen molar-refractivity contribution < 1.29 is 19.1 Å². The number of carbonyl (C=O) groups is 2. The quantitative estimate of drug-likeness (QED) is 0.432. The largest absolute Gasteiger partial charge is 0.465 e. The van der Waals surface area contributed by atoms with Crippen LogP contribution in [-0.2, 0) is 20.9 Å². The molecule has 0 saturated carbocycles. The first-order valence-corrected chi connectivity index (χ1v) is 9.78. The smallest absolute Gasteiger partial charge is 0.337 e. The van der Waals surface area contributed by atoms with Crippen molar-refractivity contribution in [1.29, 1.82) is 0 Å². The molecule has 3 aromatic rings. The lowest BCUT2D eigenvalue weighted by atomic mass is 10.1. The number of aromatic nitrogens is 4. The topological polar surface area (TPSA) is 96.2 Å². The Kier molecular flexibility index (Phi) is 6.61. The van der Waals surface area contributed by atoms with Crippen LogP contribution in [0.1, 0.15) is 27.0 Å². The maximum atomic E-state index is 12.1. The second-order valence-corrected chi connectivity index (χ2v) is 7.25. The van der Waals surface area contributed by atoms with Crippen LogP contribution in [0.25, 0.3) is 5.69 Å². The fourth-order valence-corrected chi connectivity index (χ4v) is 3.28. The zero-order valence-electron chi connectivity index (χ0n) is 16.3. The zero-order chi connectivity index (χ0) is 20.8. The Morgan fingerprint density at radius 1 is 1.14 bits per heavy atom. The van der Waals surface area contributed by atoms with E-state index in [1.807, 2.05) is 32.0 Å². The Morgan fingerprint density at radius 2 is 1.97 bits per heavy atom. The Bertz CT molecular complexity index is 1030. The summed E-state index contributed by atoms with van der Waals surface area (Å²) in [7, 11) is 1.32. The maximum absolute atomic E-state index is 12.1. The van der Waals surface area contributed by atoms with Gasteiger partial charge in [-0.2, -0.15) is 4.68 Å². The maximum Gasteiger partial charge on any atom is 0.337 e. The predicted octanol–water partition coefficient (Wildman–Crippen LogP) is 2.90. The highest BCUT2D eigenvalue weighted by Crippen LogP contribution is 2.22. The minimum absolute atomic E-state index is 0.0575. The first-order valence-electron chi connectivity index (χ1n) is 8.79. The summed E-state index contributed by atoms with van der Waals surface area (Å²) in [5.41, 5.74) is 4.09. The van der Waals surface area contributed by atoms with Gasteiger partial charge in [-0.3, -0.25) is 4.79 Å². The molecule has 0 aliphatic carbocycles. The molecule has 8 nitrogen and oxygen atoms in total. The third kappa shape index (κ3) is 5.20. The fraction of sp³-hybridized carbons (Fsp3) is 0.250. The summed E-state index contributed by atoms with van der Waals surface area (Å²) in [6.07, 6.45) is 0. The summed E-state index contributed by atoms with van der Waals surface area (Å²) in [6, 6.07) is 12.8. The zero-order valence-corrected chi connectivity index (χ0v) is 17.1. The molecule has 0 unspecified atom stereocenters. The molecule has 1 heterocycles. The fourth-order valence-electron chi connectivity index (χ4n) is 2.60. The van der Waals surface area contributed by atoms with Crippen molar-refractivity contribution in [2.45, 2.75) is 25.6 Å². The molecule has 9 heteroatoms. The Hall–Kier alpha value is -3.20. The summed E-state index contributed by atoms with van der Waals surface area (Å²) in [6.45, 7) is 4.03. The molecule has 29 heavy (non-hydrogen) atoms. The highest BCUT2D eigenvalue weighted by molar-refractivity contribution is 7.99. The highest BCUT2D eigenvalue weighted by Gasteiger charge is 2.14. The van der Waals surface area contributed by atoms with E-state index in [-0.39, 0.29) is 12.4 Å². The first kappa shape index (κ1) is 20.5. The van der Waals surface area contributed by atoms with Gasteiger partial charge in [0.2, 0.25) is 5.16 Å². The molecular weight excluding hydrogens is 392 g/mol. The number of hydrogen-bond donors (Lipinski definition) is 0. The van der Waals surface area contributed by atoms with Crippen molar-refractivity contribution >= 4 is 23.7 Å². The van der Waals surface area contributed by atoms with E-state index in [0.717, 1.165) is 16.8 Å². The van der Waals surface area contributed by atoms with Crippen molar-refractivity contribution in [2.75, 3.05) is 12.9 Å². The van der Waals surface area contributed by atoms with Crippen LogP contribution in [0.3, 0.4) is 0 Å². The third-order valence-electron chi connectivity index (χ3n) is 4.10. The van der Waals surface area contributed by atoms with E-state index in [1.54, 1.807) is 28.9 Å². The number of thioether (sulfide) groups is 1. The van der Waals surface area contributed by atoms with Crippen molar-refractivity contribution in [1.82, 2.24) is 20.2 Å². The third-order valence-corrected chi connectivity index (χ3v) is 4.99. The van der Waals surface area contributed by atoms with Crippen LogP contribution in [0.2, 0.25) is 0 Å². The number of esters is 2. The van der Waals surface area contributed by atoms with Gasteiger partial charge < -0.3 is 9.47 Å². The number of carbonyl (C=O) groups excluding carboxylic acids is 2. The Balaban J connectivity index is 1.59. The minimum atomic E-state index is -0.438. The van der Waals surface area contributed by atoms with Gasteiger partial charge in [-0.05, 0) is 59.2 Å². The molecule has 0 radical (unpaired) electrons. The number of benzene rings is 2. The van der Waals surface area contributed by atoms with E-state index in [0.29, 0.717) is 16.3 Å². The standard InChI is InChI=1S/C20H20N4O4S/c1-13-7-8-14(2)17(9-13)24-20(21-22-23-24)29-12-18(25)28-11-15-5-4-6-16(10-15)19(26)27-3/h4-10H,11-12H2,1-3H3. The monoisotopic (exact) mass is 412 g/mol. The average molecular weight is 412 g/mol. The first-order chi connectivity index (χ1) is 14.0. The molecule has 1 aromatic heterocycles. The lowest BCUT2D eigenvalue weighted by molar-refractivity contribution is -0.141. The molecule has 0 spiro atoms. The Labute approximate surface area is 172 Å². The molecule has 0 fully saturated rings. The molecule has 0 aliphatic heterocycles. The normalized spacial score (nSPS) is 10.6. The highest BCUT2D eigenvalue weighted by atomic mass is 32.2. The van der Waals surface area contributed by atoms with Crippen LogP contribution in [-0.4, -0.2) is 45.0 Å². The number of rotatable bonds is 7. The van der Waals surface area contributed by atoms with E-state index < -0.39 is 11.9 Å². The molecule has 150 valence electrons. The lowest BCUT2D eigenvalue weighted by Gasteiger charge is -2.09. The van der Waals surface area contributed by atoms with Crippen molar-refractivity contribution in [3.05, 3.63) is 64.7 Å². The number of nitrogens with zero attached hydrogens (tertiary/aromatic N) is 4. The number of ether oxygens (including phenoxy) is 2. The van der Waals surface area contributed by atoms with E-state index in [1.165, 1.54) is 18.9 Å². The lowest BCUT2D eigenvalue weighted by Crippen LogP contribution is -2.09. The minimum Gasteiger partial charge on any atom is -0.465 e. The van der Waals surface area contributed by atoms with Gasteiger partial charge in [0.15, 0.2) is 0 Å². The van der Waals surface area contributed by atoms with E-state index in [2.05, 4.69) is 20.3 Å². The van der Waals surface area contributed by atoms with Crippen LogP contribution < -0.4 is 0 Å². The second kappa shape index (κ2) is 9.33. The Morgan fingerprint density at radius 3 is 2.76 bits per heavy atom. The van der Waals surface area contributed by atoms with Crippen molar-refractivity contribution in [3.8, 4) is 5.69 Å². The number of hydrogen-bond acceptors (Lipinski definition) is 8.